The molecule has 1 heterocycles. The Bertz CT molecular complexity index is 479. The summed E-state index contributed by atoms with van der Waals surface area (Å²) in [5, 5.41) is 9.64. The molecule has 0 amide bonds. The Morgan fingerprint density at radius 3 is 2.60 bits per heavy atom. The molecular weight excluding hydrogens is 268 g/mol. The molecule has 1 fully saturated rings. The maximum absolute atomic E-state index is 9.64. The van der Waals surface area contributed by atoms with Gasteiger partial charge in [-0.25, -0.2) is 0 Å². The second-order valence-electron chi connectivity index (χ2n) is 5.86. The highest BCUT2D eigenvalue weighted by Crippen LogP contribution is 2.22. The van der Waals surface area contributed by atoms with E-state index in [2.05, 4.69) is 24.0 Å². The predicted molar refractivity (Wildman–Crippen MR) is 86.7 cm³/mol. The third kappa shape index (κ3) is 3.78. The number of aliphatic hydroxyl groups excluding tert-OH is 1. The molecule has 110 valence electrons. The zero-order chi connectivity index (χ0) is 14.7. The molecule has 0 bridgehead atoms. The zero-order valence-corrected chi connectivity index (χ0v) is 13.1. The quantitative estimate of drug-likeness (QED) is 0.836. The number of piperidine rings is 1. The van der Waals surface area contributed by atoms with Crippen LogP contribution in [0.25, 0.3) is 0 Å². The Morgan fingerprint density at radius 1 is 1.45 bits per heavy atom. The fourth-order valence-corrected chi connectivity index (χ4v) is 2.99. The SMILES string of the molecule is Cc1cc(C(N)=S)ccc1CN1CCC(C(C)O)CC1. The summed E-state index contributed by atoms with van der Waals surface area (Å²) in [5.41, 5.74) is 9.17. The molecule has 1 aromatic carbocycles. The average Bonchev–Trinajstić information content (AvgIpc) is 2.41. The first-order chi connectivity index (χ1) is 9.47. The van der Waals surface area contributed by atoms with Crippen molar-refractivity contribution in [2.24, 2.45) is 11.7 Å². The lowest BCUT2D eigenvalue weighted by Crippen LogP contribution is -2.36. The van der Waals surface area contributed by atoms with Crippen molar-refractivity contribution < 1.29 is 5.11 Å². The number of nitrogens with two attached hydrogens (primary N) is 1. The monoisotopic (exact) mass is 292 g/mol. The van der Waals surface area contributed by atoms with E-state index in [0.29, 0.717) is 10.9 Å². The summed E-state index contributed by atoms with van der Waals surface area (Å²) < 4.78 is 0. The number of thiocarbonyl (C=S) groups is 1. The minimum Gasteiger partial charge on any atom is -0.393 e. The molecule has 1 unspecified atom stereocenters. The van der Waals surface area contributed by atoms with Gasteiger partial charge in [-0.2, -0.15) is 0 Å². The van der Waals surface area contributed by atoms with Crippen LogP contribution >= 0.6 is 12.2 Å². The van der Waals surface area contributed by atoms with Crippen molar-refractivity contribution in [2.45, 2.75) is 39.3 Å². The fourth-order valence-electron chi connectivity index (χ4n) is 2.86. The summed E-state index contributed by atoms with van der Waals surface area (Å²) in [4.78, 5) is 2.92. The molecule has 1 aromatic rings. The number of likely N-dealkylation sites (tertiary alicyclic amines) is 1. The lowest BCUT2D eigenvalue weighted by molar-refractivity contribution is 0.0695. The molecule has 0 spiro atoms. The van der Waals surface area contributed by atoms with Gasteiger partial charge >= 0.3 is 0 Å². The lowest BCUT2D eigenvalue weighted by Gasteiger charge is -2.33. The molecule has 0 aliphatic carbocycles. The van der Waals surface area contributed by atoms with Gasteiger partial charge < -0.3 is 10.8 Å². The van der Waals surface area contributed by atoms with Crippen molar-refractivity contribution >= 4 is 17.2 Å². The van der Waals surface area contributed by atoms with Crippen molar-refractivity contribution in [3.63, 3.8) is 0 Å². The van der Waals surface area contributed by atoms with E-state index in [1.54, 1.807) is 0 Å². The van der Waals surface area contributed by atoms with Crippen molar-refractivity contribution in [1.82, 2.24) is 4.90 Å². The van der Waals surface area contributed by atoms with E-state index in [1.165, 1.54) is 11.1 Å². The van der Waals surface area contributed by atoms with Crippen LogP contribution < -0.4 is 5.73 Å². The van der Waals surface area contributed by atoms with Crippen molar-refractivity contribution in [3.8, 4) is 0 Å². The van der Waals surface area contributed by atoms with Gasteiger partial charge in [0.05, 0.1) is 6.10 Å². The second-order valence-corrected chi connectivity index (χ2v) is 6.30. The van der Waals surface area contributed by atoms with E-state index in [-0.39, 0.29) is 6.10 Å². The van der Waals surface area contributed by atoms with Gasteiger partial charge in [0.15, 0.2) is 0 Å². The summed E-state index contributed by atoms with van der Waals surface area (Å²) in [7, 11) is 0. The number of aryl methyl sites for hydroxylation is 1. The van der Waals surface area contributed by atoms with E-state index in [0.717, 1.165) is 38.0 Å². The van der Waals surface area contributed by atoms with Gasteiger partial charge in [0.1, 0.15) is 4.99 Å². The summed E-state index contributed by atoms with van der Waals surface area (Å²) in [6.07, 6.45) is 1.99. The summed E-state index contributed by atoms with van der Waals surface area (Å²) in [6, 6.07) is 6.21. The highest BCUT2D eigenvalue weighted by atomic mass is 32.1. The van der Waals surface area contributed by atoms with Gasteiger partial charge in [0.25, 0.3) is 0 Å². The summed E-state index contributed by atoms with van der Waals surface area (Å²) in [6.45, 7) is 7.10. The number of nitrogens with zero attached hydrogens (tertiary/aromatic N) is 1. The molecule has 0 radical (unpaired) electrons. The van der Waals surface area contributed by atoms with Crippen LogP contribution in [0.4, 0.5) is 0 Å². The molecular formula is C16H24N2OS. The Morgan fingerprint density at radius 2 is 2.10 bits per heavy atom. The first kappa shape index (κ1) is 15.4. The van der Waals surface area contributed by atoms with E-state index in [9.17, 15) is 5.11 Å². The van der Waals surface area contributed by atoms with E-state index < -0.39 is 0 Å². The maximum Gasteiger partial charge on any atom is 0.103 e. The topological polar surface area (TPSA) is 49.5 Å². The minimum absolute atomic E-state index is 0.177. The van der Waals surface area contributed by atoms with Crippen LogP contribution in [0.2, 0.25) is 0 Å². The Labute approximate surface area is 126 Å². The molecule has 1 aliphatic heterocycles. The highest BCUT2D eigenvalue weighted by Gasteiger charge is 2.22. The van der Waals surface area contributed by atoms with Crippen LogP contribution in [-0.2, 0) is 6.54 Å². The number of benzene rings is 1. The fraction of sp³-hybridized carbons (Fsp3) is 0.562. The number of hydrogen-bond donors (Lipinski definition) is 2. The Kier molecular flexibility index (Phi) is 5.13. The Hall–Kier alpha value is -0.970. The van der Waals surface area contributed by atoms with E-state index in [4.69, 9.17) is 18.0 Å². The molecule has 0 aromatic heterocycles. The number of aliphatic hydroxyl groups is 1. The summed E-state index contributed by atoms with van der Waals surface area (Å²) in [5.74, 6) is 0.462. The van der Waals surface area contributed by atoms with E-state index in [1.807, 2.05) is 13.0 Å². The summed E-state index contributed by atoms with van der Waals surface area (Å²) >= 11 is 5.01. The first-order valence-electron chi connectivity index (χ1n) is 7.27. The molecule has 2 rings (SSSR count). The first-order valence-corrected chi connectivity index (χ1v) is 7.68. The predicted octanol–water partition coefficient (Wildman–Crippen LogP) is 2.22. The van der Waals surface area contributed by atoms with E-state index >= 15 is 0 Å². The largest absolute Gasteiger partial charge is 0.393 e. The molecule has 0 saturated carbocycles. The normalized spacial score (nSPS) is 18.9. The van der Waals surface area contributed by atoms with Gasteiger partial charge in [-0.1, -0.05) is 24.4 Å². The number of rotatable bonds is 4. The number of hydrogen-bond acceptors (Lipinski definition) is 3. The van der Waals surface area contributed by atoms with Crippen LogP contribution in [0.1, 0.15) is 36.5 Å². The van der Waals surface area contributed by atoms with Crippen molar-refractivity contribution in [3.05, 3.63) is 34.9 Å². The minimum atomic E-state index is -0.177. The standard InChI is InChI=1S/C16H24N2OS/c1-11-9-14(16(17)20)3-4-15(11)10-18-7-5-13(6-8-18)12(2)19/h3-4,9,12-13,19H,5-8,10H2,1-2H3,(H2,17,20). The van der Waals surface area contributed by atoms with Crippen molar-refractivity contribution in [2.75, 3.05) is 13.1 Å². The van der Waals surface area contributed by atoms with Crippen LogP contribution in [0.5, 0.6) is 0 Å². The third-order valence-corrected chi connectivity index (χ3v) is 4.57. The highest BCUT2D eigenvalue weighted by molar-refractivity contribution is 7.80. The average molecular weight is 292 g/mol. The Balaban J connectivity index is 1.96. The van der Waals surface area contributed by atoms with Gasteiger partial charge in [0, 0.05) is 12.1 Å². The van der Waals surface area contributed by atoms with Gasteiger partial charge in [-0.3, -0.25) is 4.90 Å². The second kappa shape index (κ2) is 6.66. The van der Waals surface area contributed by atoms with Crippen molar-refractivity contribution in [1.29, 1.82) is 0 Å². The molecule has 3 nitrogen and oxygen atoms in total. The molecule has 3 N–H and O–H groups in total. The maximum atomic E-state index is 9.64. The van der Waals surface area contributed by atoms with Crippen LogP contribution in [0.3, 0.4) is 0 Å². The van der Waals surface area contributed by atoms with Gasteiger partial charge in [0.2, 0.25) is 0 Å². The molecule has 20 heavy (non-hydrogen) atoms. The zero-order valence-electron chi connectivity index (χ0n) is 12.3. The van der Waals surface area contributed by atoms with Crippen LogP contribution in [0, 0.1) is 12.8 Å². The molecule has 1 atom stereocenters. The van der Waals surface area contributed by atoms with Gasteiger partial charge in [-0.05, 0) is 62.9 Å². The molecule has 1 aliphatic rings. The smallest absolute Gasteiger partial charge is 0.103 e. The van der Waals surface area contributed by atoms with Gasteiger partial charge in [-0.15, -0.1) is 0 Å². The lowest BCUT2D eigenvalue weighted by atomic mass is 9.92. The molecule has 4 heteroatoms. The third-order valence-electron chi connectivity index (χ3n) is 4.34. The van der Waals surface area contributed by atoms with Crippen LogP contribution in [-0.4, -0.2) is 34.2 Å². The molecule has 1 saturated heterocycles. The van der Waals surface area contributed by atoms with Crippen LogP contribution in [0.15, 0.2) is 18.2 Å².